The van der Waals surface area contributed by atoms with E-state index >= 15 is 0 Å². The first kappa shape index (κ1) is 20.1. The van der Waals surface area contributed by atoms with E-state index in [0.717, 1.165) is 41.9 Å². The molecule has 0 radical (unpaired) electrons. The smallest absolute Gasteiger partial charge is 0.263 e. The number of piperidine rings is 1. The van der Waals surface area contributed by atoms with Crippen LogP contribution in [0.5, 0.6) is 0 Å². The molecular weight excluding hydrogens is 378 g/mol. The Kier molecular flexibility index (Phi) is 6.76. The molecule has 3 heterocycles. The van der Waals surface area contributed by atoms with Crippen molar-refractivity contribution in [3.05, 3.63) is 34.0 Å². The molecule has 3 rings (SSSR count). The van der Waals surface area contributed by atoms with Crippen molar-refractivity contribution in [3.63, 3.8) is 0 Å². The molecule has 146 valence electrons. The van der Waals surface area contributed by atoms with Gasteiger partial charge in [-0.3, -0.25) is 14.2 Å². The highest BCUT2D eigenvalue weighted by atomic mass is 32.2. The minimum Gasteiger partial charge on any atom is -0.339 e. The summed E-state index contributed by atoms with van der Waals surface area (Å²) in [6.07, 6.45) is 6.95. The van der Waals surface area contributed by atoms with Crippen LogP contribution in [0.3, 0.4) is 0 Å². The summed E-state index contributed by atoms with van der Waals surface area (Å²) in [4.78, 5) is 34.3. The molecule has 7 heteroatoms. The SMILES string of the molecule is C=CCn1c(SCC(=O)N2CCCC[C@H]2CC)nc2sc(CC)cc2c1=O. The molecule has 0 aliphatic carbocycles. The van der Waals surface area contributed by atoms with Gasteiger partial charge in [0.2, 0.25) is 5.91 Å². The minimum absolute atomic E-state index is 0.0461. The van der Waals surface area contributed by atoms with E-state index in [0.29, 0.717) is 28.9 Å². The predicted octanol–water partition coefficient (Wildman–Crippen LogP) is 4.09. The molecule has 1 saturated heterocycles. The predicted molar refractivity (Wildman–Crippen MR) is 114 cm³/mol. The van der Waals surface area contributed by atoms with Gasteiger partial charge in [-0.2, -0.15) is 0 Å². The number of rotatable bonds is 7. The maximum Gasteiger partial charge on any atom is 0.263 e. The van der Waals surface area contributed by atoms with E-state index in [1.165, 1.54) is 18.2 Å². The van der Waals surface area contributed by atoms with E-state index in [9.17, 15) is 9.59 Å². The summed E-state index contributed by atoms with van der Waals surface area (Å²) in [5.74, 6) is 0.462. The van der Waals surface area contributed by atoms with Crippen LogP contribution in [-0.2, 0) is 17.8 Å². The average molecular weight is 406 g/mol. The Hall–Kier alpha value is -1.60. The van der Waals surface area contributed by atoms with E-state index in [4.69, 9.17) is 4.98 Å². The molecule has 0 unspecified atom stereocenters. The van der Waals surface area contributed by atoms with Crippen LogP contribution in [-0.4, -0.2) is 38.7 Å². The lowest BCUT2D eigenvalue weighted by Gasteiger charge is -2.35. The van der Waals surface area contributed by atoms with Gasteiger partial charge in [0, 0.05) is 24.0 Å². The monoisotopic (exact) mass is 405 g/mol. The third-order valence-electron chi connectivity index (χ3n) is 5.07. The van der Waals surface area contributed by atoms with Gasteiger partial charge in [0.25, 0.3) is 5.56 Å². The molecule has 1 fully saturated rings. The van der Waals surface area contributed by atoms with Crippen LogP contribution in [0.1, 0.15) is 44.4 Å². The van der Waals surface area contributed by atoms with Gasteiger partial charge < -0.3 is 4.90 Å². The summed E-state index contributed by atoms with van der Waals surface area (Å²) < 4.78 is 1.63. The molecule has 1 atom stereocenters. The molecule has 0 N–H and O–H groups in total. The van der Waals surface area contributed by atoms with Crippen molar-refractivity contribution in [3.8, 4) is 0 Å². The largest absolute Gasteiger partial charge is 0.339 e. The van der Waals surface area contributed by atoms with Crippen LogP contribution in [0.25, 0.3) is 10.2 Å². The Bertz CT molecular complexity index is 887. The summed E-state index contributed by atoms with van der Waals surface area (Å²) in [7, 11) is 0. The number of allylic oxidation sites excluding steroid dienone is 1. The second-order valence-electron chi connectivity index (χ2n) is 6.82. The third-order valence-corrected chi connectivity index (χ3v) is 7.21. The Balaban J connectivity index is 1.84. The number of hydrogen-bond acceptors (Lipinski definition) is 5. The standard InChI is InChI=1S/C20H27N3O2S2/c1-4-10-23-19(25)16-12-15(6-3)27-18(16)21-20(23)26-13-17(24)22-11-8-7-9-14(22)5-2/h4,12,14H,1,5-11,13H2,2-3H3/t14-/m1/s1. The Morgan fingerprint density at radius 2 is 2.26 bits per heavy atom. The molecular formula is C20H27N3O2S2. The summed E-state index contributed by atoms with van der Waals surface area (Å²) in [6, 6.07) is 2.29. The van der Waals surface area contributed by atoms with Gasteiger partial charge in [-0.1, -0.05) is 31.7 Å². The highest BCUT2D eigenvalue weighted by molar-refractivity contribution is 7.99. The quantitative estimate of drug-likeness (QED) is 0.395. The van der Waals surface area contributed by atoms with E-state index < -0.39 is 0 Å². The summed E-state index contributed by atoms with van der Waals surface area (Å²) in [5.41, 5.74) is -0.0461. The van der Waals surface area contributed by atoms with Gasteiger partial charge >= 0.3 is 0 Å². The average Bonchev–Trinajstić information content (AvgIpc) is 3.12. The number of aryl methyl sites for hydroxylation is 1. The van der Waals surface area contributed by atoms with Crippen molar-refractivity contribution in [1.82, 2.24) is 14.5 Å². The minimum atomic E-state index is -0.0461. The topological polar surface area (TPSA) is 55.2 Å². The second-order valence-corrected chi connectivity index (χ2v) is 8.88. The van der Waals surface area contributed by atoms with Crippen LogP contribution >= 0.6 is 23.1 Å². The molecule has 1 amide bonds. The van der Waals surface area contributed by atoms with Crippen molar-refractivity contribution in [2.45, 2.75) is 63.7 Å². The molecule has 27 heavy (non-hydrogen) atoms. The number of nitrogens with zero attached hydrogens (tertiary/aromatic N) is 3. The number of carbonyl (C=O) groups excluding carboxylic acids is 1. The first-order valence-corrected chi connectivity index (χ1v) is 11.5. The van der Waals surface area contributed by atoms with Gasteiger partial charge in [0.05, 0.1) is 11.1 Å². The number of amides is 1. The van der Waals surface area contributed by atoms with Crippen LogP contribution in [0, 0.1) is 0 Å². The number of hydrogen-bond donors (Lipinski definition) is 0. The molecule has 1 aliphatic heterocycles. The molecule has 0 spiro atoms. The fourth-order valence-electron chi connectivity index (χ4n) is 3.58. The maximum absolute atomic E-state index is 12.9. The van der Waals surface area contributed by atoms with Gasteiger partial charge in [-0.05, 0) is 38.2 Å². The van der Waals surface area contributed by atoms with E-state index in [1.807, 2.05) is 11.0 Å². The second kappa shape index (κ2) is 9.06. The maximum atomic E-state index is 12.9. The van der Waals surface area contributed by atoms with Gasteiger partial charge in [0.15, 0.2) is 5.16 Å². The highest BCUT2D eigenvalue weighted by Crippen LogP contribution is 2.26. The van der Waals surface area contributed by atoms with Crippen LogP contribution < -0.4 is 5.56 Å². The van der Waals surface area contributed by atoms with E-state index in [-0.39, 0.29) is 11.5 Å². The lowest BCUT2D eigenvalue weighted by molar-refractivity contribution is -0.132. The van der Waals surface area contributed by atoms with E-state index in [1.54, 1.807) is 22.0 Å². The van der Waals surface area contributed by atoms with E-state index in [2.05, 4.69) is 20.4 Å². The number of thiophene rings is 1. The third kappa shape index (κ3) is 4.29. The van der Waals surface area contributed by atoms with Gasteiger partial charge in [-0.15, -0.1) is 17.9 Å². The first-order chi connectivity index (χ1) is 13.1. The molecule has 5 nitrogen and oxygen atoms in total. The van der Waals surface area contributed by atoms with Gasteiger partial charge in [-0.25, -0.2) is 4.98 Å². The molecule has 2 aromatic heterocycles. The summed E-state index contributed by atoms with van der Waals surface area (Å²) in [6.45, 7) is 9.22. The molecule has 1 aliphatic rings. The zero-order valence-corrected chi connectivity index (χ0v) is 17.7. The first-order valence-electron chi connectivity index (χ1n) is 9.65. The Morgan fingerprint density at radius 3 is 2.96 bits per heavy atom. The fourth-order valence-corrected chi connectivity index (χ4v) is 5.49. The highest BCUT2D eigenvalue weighted by Gasteiger charge is 2.25. The molecule has 0 saturated carbocycles. The summed E-state index contributed by atoms with van der Waals surface area (Å²) >= 11 is 2.93. The number of fused-ring (bicyclic) bond motifs is 1. The number of likely N-dealkylation sites (tertiary alicyclic amines) is 1. The van der Waals surface area contributed by atoms with Gasteiger partial charge in [0.1, 0.15) is 4.83 Å². The molecule has 0 bridgehead atoms. The van der Waals surface area contributed by atoms with Crippen molar-refractivity contribution in [1.29, 1.82) is 0 Å². The van der Waals surface area contributed by atoms with Crippen molar-refractivity contribution >= 4 is 39.2 Å². The lowest BCUT2D eigenvalue weighted by Crippen LogP contribution is -2.44. The number of carbonyl (C=O) groups is 1. The van der Waals surface area contributed by atoms with Crippen molar-refractivity contribution < 1.29 is 4.79 Å². The van der Waals surface area contributed by atoms with Crippen molar-refractivity contribution in [2.24, 2.45) is 0 Å². The van der Waals surface area contributed by atoms with Crippen LogP contribution in [0.4, 0.5) is 0 Å². The zero-order chi connectivity index (χ0) is 19.4. The Labute approximate surface area is 168 Å². The molecule has 0 aromatic carbocycles. The normalized spacial score (nSPS) is 17.4. The van der Waals surface area contributed by atoms with Crippen LogP contribution in [0.15, 0.2) is 28.7 Å². The van der Waals surface area contributed by atoms with Crippen molar-refractivity contribution in [2.75, 3.05) is 12.3 Å². The lowest BCUT2D eigenvalue weighted by atomic mass is 10.0. The summed E-state index contributed by atoms with van der Waals surface area (Å²) in [5, 5.41) is 1.27. The van der Waals surface area contributed by atoms with Crippen LogP contribution in [0.2, 0.25) is 0 Å². The number of thioether (sulfide) groups is 1. The molecule has 2 aromatic rings. The number of aromatic nitrogens is 2. The zero-order valence-electron chi connectivity index (χ0n) is 16.1. The Morgan fingerprint density at radius 1 is 1.44 bits per heavy atom. The fraction of sp³-hybridized carbons (Fsp3) is 0.550.